The van der Waals surface area contributed by atoms with Crippen molar-refractivity contribution in [1.29, 1.82) is 0 Å². The molecule has 0 aliphatic heterocycles. The van der Waals surface area contributed by atoms with Gasteiger partial charge in [0, 0.05) is 10.6 Å². The molecule has 0 bridgehead atoms. The van der Waals surface area contributed by atoms with Gasteiger partial charge in [-0.05, 0) is 51.3 Å². The van der Waals surface area contributed by atoms with Crippen LogP contribution in [0.2, 0.25) is 0 Å². The third-order valence-electron chi connectivity index (χ3n) is 4.30. The van der Waals surface area contributed by atoms with Crippen molar-refractivity contribution in [3.05, 3.63) is 45.6 Å². The zero-order chi connectivity index (χ0) is 18.1. The number of thiophene rings is 1. The Kier molecular flexibility index (Phi) is 4.72. The van der Waals surface area contributed by atoms with Crippen LogP contribution in [-0.2, 0) is 4.79 Å². The number of nitrogens with zero attached hydrogens (tertiary/aromatic N) is 2. The van der Waals surface area contributed by atoms with E-state index in [9.17, 15) is 4.79 Å². The van der Waals surface area contributed by atoms with Gasteiger partial charge in [0.15, 0.2) is 0 Å². The molecule has 0 saturated heterocycles. The molecule has 3 rings (SSSR count). The summed E-state index contributed by atoms with van der Waals surface area (Å²) in [6.07, 6.45) is 0. The lowest BCUT2D eigenvalue weighted by Crippen LogP contribution is -2.23. The van der Waals surface area contributed by atoms with E-state index in [1.54, 1.807) is 11.3 Å². The molecule has 0 saturated carbocycles. The fourth-order valence-corrected chi connectivity index (χ4v) is 3.92. The van der Waals surface area contributed by atoms with E-state index in [1.807, 2.05) is 39.0 Å². The van der Waals surface area contributed by atoms with Crippen molar-refractivity contribution in [3.63, 3.8) is 0 Å². The second-order valence-corrected chi connectivity index (χ2v) is 7.45. The molecule has 5 nitrogen and oxygen atoms in total. The zero-order valence-corrected chi connectivity index (χ0v) is 16.0. The van der Waals surface area contributed by atoms with Crippen molar-refractivity contribution in [2.45, 2.75) is 34.6 Å². The summed E-state index contributed by atoms with van der Waals surface area (Å²) in [6.45, 7) is 10.2. The van der Waals surface area contributed by atoms with E-state index >= 15 is 0 Å². The Morgan fingerprint density at radius 3 is 2.44 bits per heavy atom. The SMILES string of the molecule is Cc1nc(NCC(=O)Nc2c(C)cccc2C)c2c(C)c(C)sc2n1. The predicted molar refractivity (Wildman–Crippen MR) is 105 cm³/mol. The highest BCUT2D eigenvalue weighted by molar-refractivity contribution is 7.18. The van der Waals surface area contributed by atoms with Gasteiger partial charge in [0.1, 0.15) is 16.5 Å². The molecule has 1 amide bonds. The van der Waals surface area contributed by atoms with E-state index in [4.69, 9.17) is 0 Å². The summed E-state index contributed by atoms with van der Waals surface area (Å²) in [6, 6.07) is 5.97. The highest BCUT2D eigenvalue weighted by Crippen LogP contribution is 2.33. The first-order chi connectivity index (χ1) is 11.9. The van der Waals surface area contributed by atoms with Gasteiger partial charge in [0.05, 0.1) is 11.9 Å². The van der Waals surface area contributed by atoms with E-state index in [0.717, 1.165) is 38.4 Å². The van der Waals surface area contributed by atoms with E-state index in [0.29, 0.717) is 5.82 Å². The molecule has 0 aliphatic rings. The van der Waals surface area contributed by atoms with Crippen LogP contribution < -0.4 is 10.6 Å². The number of benzene rings is 1. The zero-order valence-electron chi connectivity index (χ0n) is 15.2. The predicted octanol–water partition coefficient (Wildman–Crippen LogP) is 4.28. The van der Waals surface area contributed by atoms with Crippen LogP contribution in [0.5, 0.6) is 0 Å². The smallest absolute Gasteiger partial charge is 0.243 e. The topological polar surface area (TPSA) is 66.9 Å². The molecule has 2 aromatic heterocycles. The van der Waals surface area contributed by atoms with Crippen molar-refractivity contribution >= 4 is 39.0 Å². The van der Waals surface area contributed by atoms with Crippen molar-refractivity contribution in [1.82, 2.24) is 9.97 Å². The van der Waals surface area contributed by atoms with Gasteiger partial charge in [0.25, 0.3) is 0 Å². The normalized spacial score (nSPS) is 10.9. The van der Waals surface area contributed by atoms with E-state index < -0.39 is 0 Å². The average Bonchev–Trinajstić information content (AvgIpc) is 2.83. The van der Waals surface area contributed by atoms with Crippen LogP contribution in [0.25, 0.3) is 10.2 Å². The summed E-state index contributed by atoms with van der Waals surface area (Å²) < 4.78 is 0. The maximum absolute atomic E-state index is 12.4. The number of para-hydroxylation sites is 1. The Bertz CT molecular complexity index is 941. The highest BCUT2D eigenvalue weighted by Gasteiger charge is 2.14. The minimum Gasteiger partial charge on any atom is -0.360 e. The minimum absolute atomic E-state index is 0.0913. The maximum atomic E-state index is 12.4. The molecule has 3 aromatic rings. The Labute approximate surface area is 151 Å². The molecule has 0 unspecified atom stereocenters. The number of hydrogen-bond acceptors (Lipinski definition) is 5. The Morgan fingerprint density at radius 2 is 1.76 bits per heavy atom. The van der Waals surface area contributed by atoms with Crippen LogP contribution in [0, 0.1) is 34.6 Å². The molecule has 0 fully saturated rings. The van der Waals surface area contributed by atoms with Crippen LogP contribution >= 0.6 is 11.3 Å². The minimum atomic E-state index is -0.0913. The second kappa shape index (κ2) is 6.80. The van der Waals surface area contributed by atoms with Gasteiger partial charge in [-0.15, -0.1) is 11.3 Å². The number of fused-ring (bicyclic) bond motifs is 1. The number of rotatable bonds is 4. The van der Waals surface area contributed by atoms with E-state index in [2.05, 4.69) is 34.4 Å². The largest absolute Gasteiger partial charge is 0.360 e. The molecule has 130 valence electrons. The van der Waals surface area contributed by atoms with Gasteiger partial charge < -0.3 is 10.6 Å². The molecule has 0 aliphatic carbocycles. The van der Waals surface area contributed by atoms with Crippen LogP contribution in [0.1, 0.15) is 27.4 Å². The third kappa shape index (κ3) is 3.49. The Balaban J connectivity index is 1.80. The maximum Gasteiger partial charge on any atom is 0.243 e. The molecule has 0 atom stereocenters. The summed E-state index contributed by atoms with van der Waals surface area (Å²) in [7, 11) is 0. The molecule has 1 aromatic carbocycles. The van der Waals surface area contributed by atoms with Crippen molar-refractivity contribution in [2.24, 2.45) is 0 Å². The lowest BCUT2D eigenvalue weighted by Gasteiger charge is -2.13. The van der Waals surface area contributed by atoms with Crippen molar-refractivity contribution in [3.8, 4) is 0 Å². The first-order valence-electron chi connectivity index (χ1n) is 8.21. The first kappa shape index (κ1) is 17.4. The summed E-state index contributed by atoms with van der Waals surface area (Å²) in [5.41, 5.74) is 4.15. The highest BCUT2D eigenvalue weighted by atomic mass is 32.1. The fraction of sp³-hybridized carbons (Fsp3) is 0.316. The molecular weight excluding hydrogens is 332 g/mol. The molecule has 0 radical (unpaired) electrons. The number of nitrogens with one attached hydrogen (secondary N) is 2. The summed E-state index contributed by atoms with van der Waals surface area (Å²) in [4.78, 5) is 23.6. The molecule has 0 spiro atoms. The summed E-state index contributed by atoms with van der Waals surface area (Å²) in [5, 5.41) is 7.18. The molecule has 6 heteroatoms. The number of carbonyl (C=O) groups excluding carboxylic acids is 1. The number of aromatic nitrogens is 2. The Hall–Kier alpha value is -2.47. The van der Waals surface area contributed by atoms with Gasteiger partial charge in [-0.25, -0.2) is 9.97 Å². The number of amides is 1. The first-order valence-corrected chi connectivity index (χ1v) is 9.02. The third-order valence-corrected chi connectivity index (χ3v) is 5.40. The van der Waals surface area contributed by atoms with Crippen LogP contribution in [0.4, 0.5) is 11.5 Å². The van der Waals surface area contributed by atoms with Gasteiger partial charge in [-0.3, -0.25) is 4.79 Å². The second-order valence-electron chi connectivity index (χ2n) is 6.25. The van der Waals surface area contributed by atoms with E-state index in [1.165, 1.54) is 4.88 Å². The average molecular weight is 354 g/mol. The van der Waals surface area contributed by atoms with Gasteiger partial charge >= 0.3 is 0 Å². The van der Waals surface area contributed by atoms with Crippen LogP contribution in [0.3, 0.4) is 0 Å². The number of aryl methyl sites for hydroxylation is 5. The summed E-state index contributed by atoms with van der Waals surface area (Å²) in [5.74, 6) is 1.33. The quantitative estimate of drug-likeness (QED) is 0.734. The van der Waals surface area contributed by atoms with Gasteiger partial charge in [-0.1, -0.05) is 18.2 Å². The van der Waals surface area contributed by atoms with Crippen LogP contribution in [0.15, 0.2) is 18.2 Å². The number of hydrogen-bond donors (Lipinski definition) is 2. The monoisotopic (exact) mass is 354 g/mol. The number of anilines is 2. The summed E-state index contributed by atoms with van der Waals surface area (Å²) >= 11 is 1.66. The van der Waals surface area contributed by atoms with Crippen molar-refractivity contribution in [2.75, 3.05) is 17.2 Å². The molecular formula is C19H22N4OS. The van der Waals surface area contributed by atoms with Gasteiger partial charge in [-0.2, -0.15) is 0 Å². The van der Waals surface area contributed by atoms with Gasteiger partial charge in [0.2, 0.25) is 5.91 Å². The molecule has 2 N–H and O–H groups in total. The fourth-order valence-electron chi connectivity index (χ4n) is 2.84. The standard InChI is InChI=1S/C19H22N4OS/c1-10-7-6-8-11(2)17(10)23-15(24)9-20-18-16-12(3)13(4)25-19(16)22-14(5)21-18/h6-8H,9H2,1-5H3,(H,23,24)(H,20,21,22). The lowest BCUT2D eigenvalue weighted by molar-refractivity contribution is -0.114. The number of carbonyl (C=O) groups is 1. The van der Waals surface area contributed by atoms with Crippen LogP contribution in [-0.4, -0.2) is 22.4 Å². The lowest BCUT2D eigenvalue weighted by atomic mass is 10.1. The van der Waals surface area contributed by atoms with E-state index in [-0.39, 0.29) is 12.5 Å². The molecule has 2 heterocycles. The molecule has 25 heavy (non-hydrogen) atoms. The van der Waals surface area contributed by atoms with Crippen molar-refractivity contribution < 1.29 is 4.79 Å². The Morgan fingerprint density at radius 1 is 1.08 bits per heavy atom.